The predicted octanol–water partition coefficient (Wildman–Crippen LogP) is 2.66. The lowest BCUT2D eigenvalue weighted by Gasteiger charge is -2.11. The van der Waals surface area contributed by atoms with E-state index in [-0.39, 0.29) is 0 Å². The normalized spacial score (nSPS) is 9.46. The van der Waals surface area contributed by atoms with Gasteiger partial charge in [0, 0.05) is 0 Å². The maximum Gasteiger partial charge on any atom is 0.163 e. The Labute approximate surface area is 78.8 Å². The van der Waals surface area contributed by atoms with Gasteiger partial charge in [-0.1, -0.05) is 12.7 Å². The monoisotopic (exact) mass is 178 g/mol. The first kappa shape index (κ1) is 9.65. The molecule has 0 unspecified atom stereocenters. The highest BCUT2D eigenvalue weighted by Gasteiger charge is 2.07. The Morgan fingerprint density at radius 1 is 1.23 bits per heavy atom. The molecule has 0 saturated carbocycles. The number of methoxy groups -OCH3 is 2. The van der Waals surface area contributed by atoms with E-state index in [1.54, 1.807) is 20.3 Å². The van der Waals surface area contributed by atoms with Gasteiger partial charge in [-0.25, -0.2) is 0 Å². The maximum absolute atomic E-state index is 5.21. The van der Waals surface area contributed by atoms with Crippen molar-refractivity contribution in [2.45, 2.75) is 6.92 Å². The van der Waals surface area contributed by atoms with E-state index in [0.29, 0.717) is 0 Å². The van der Waals surface area contributed by atoms with E-state index in [1.807, 2.05) is 19.1 Å². The summed E-state index contributed by atoms with van der Waals surface area (Å²) in [5.74, 6) is 1.53. The molecule has 0 amide bonds. The van der Waals surface area contributed by atoms with Gasteiger partial charge in [-0.05, 0) is 30.2 Å². The van der Waals surface area contributed by atoms with Crippen LogP contribution in [0.3, 0.4) is 0 Å². The molecule has 0 spiro atoms. The lowest BCUT2D eigenvalue weighted by molar-refractivity contribution is 0.353. The summed E-state index contributed by atoms with van der Waals surface area (Å²) in [4.78, 5) is 0. The minimum atomic E-state index is 0.748. The molecular weight excluding hydrogens is 164 g/mol. The summed E-state index contributed by atoms with van der Waals surface area (Å²) in [7, 11) is 3.27. The summed E-state index contributed by atoms with van der Waals surface area (Å²) >= 11 is 0. The van der Waals surface area contributed by atoms with Crippen LogP contribution in [0.15, 0.2) is 18.7 Å². The third kappa shape index (κ3) is 1.83. The van der Waals surface area contributed by atoms with Crippen LogP contribution in [0.2, 0.25) is 0 Å². The van der Waals surface area contributed by atoms with E-state index in [1.165, 1.54) is 0 Å². The van der Waals surface area contributed by atoms with Gasteiger partial charge in [-0.15, -0.1) is 0 Å². The third-order valence-corrected chi connectivity index (χ3v) is 1.92. The largest absolute Gasteiger partial charge is 0.493 e. The van der Waals surface area contributed by atoms with Crippen LogP contribution in [0.25, 0.3) is 6.08 Å². The fourth-order valence-electron chi connectivity index (χ4n) is 1.30. The van der Waals surface area contributed by atoms with Crippen molar-refractivity contribution in [1.29, 1.82) is 0 Å². The summed E-state index contributed by atoms with van der Waals surface area (Å²) in [6.45, 7) is 5.69. The number of hydrogen-bond donors (Lipinski definition) is 0. The van der Waals surface area contributed by atoms with Gasteiger partial charge in [-0.3, -0.25) is 0 Å². The quantitative estimate of drug-likeness (QED) is 0.708. The summed E-state index contributed by atoms with van der Waals surface area (Å²) < 4.78 is 10.4. The lowest BCUT2D eigenvalue weighted by Crippen LogP contribution is -1.93. The summed E-state index contributed by atoms with van der Waals surface area (Å²) in [6.07, 6.45) is 1.79. The second kappa shape index (κ2) is 3.99. The van der Waals surface area contributed by atoms with Crippen LogP contribution in [-0.2, 0) is 0 Å². The third-order valence-electron chi connectivity index (χ3n) is 1.92. The van der Waals surface area contributed by atoms with E-state index < -0.39 is 0 Å². The highest BCUT2D eigenvalue weighted by Crippen LogP contribution is 2.32. The Morgan fingerprint density at radius 2 is 1.92 bits per heavy atom. The molecule has 0 aliphatic heterocycles. The molecule has 1 aromatic rings. The molecule has 0 aliphatic carbocycles. The topological polar surface area (TPSA) is 18.5 Å². The first-order chi connectivity index (χ1) is 6.22. The number of benzene rings is 1. The molecule has 0 fully saturated rings. The molecule has 13 heavy (non-hydrogen) atoms. The standard InChI is InChI=1S/C11H14O2/c1-5-9-6-8(2)11(13-4)10(7-9)12-3/h5-7H,1H2,2-4H3. The van der Waals surface area contributed by atoms with Crippen LogP contribution in [0.5, 0.6) is 11.5 Å². The molecule has 1 aromatic carbocycles. The van der Waals surface area contributed by atoms with Crippen molar-refractivity contribution in [1.82, 2.24) is 0 Å². The zero-order valence-corrected chi connectivity index (χ0v) is 8.26. The van der Waals surface area contributed by atoms with Crippen molar-refractivity contribution in [3.05, 3.63) is 29.8 Å². The maximum atomic E-state index is 5.21. The Kier molecular flexibility index (Phi) is 2.96. The van der Waals surface area contributed by atoms with Gasteiger partial charge in [0.15, 0.2) is 11.5 Å². The molecule has 0 N–H and O–H groups in total. The van der Waals surface area contributed by atoms with Crippen molar-refractivity contribution in [2.75, 3.05) is 14.2 Å². The first-order valence-corrected chi connectivity index (χ1v) is 4.08. The zero-order chi connectivity index (χ0) is 9.84. The second-order valence-corrected chi connectivity index (χ2v) is 2.78. The smallest absolute Gasteiger partial charge is 0.163 e. The molecule has 0 radical (unpaired) electrons. The van der Waals surface area contributed by atoms with E-state index in [0.717, 1.165) is 22.6 Å². The average molecular weight is 178 g/mol. The van der Waals surface area contributed by atoms with Crippen molar-refractivity contribution in [3.8, 4) is 11.5 Å². The van der Waals surface area contributed by atoms with Crippen LogP contribution in [-0.4, -0.2) is 14.2 Å². The van der Waals surface area contributed by atoms with Crippen LogP contribution >= 0.6 is 0 Å². The summed E-state index contributed by atoms with van der Waals surface area (Å²) in [5, 5.41) is 0. The van der Waals surface area contributed by atoms with Crippen molar-refractivity contribution < 1.29 is 9.47 Å². The molecular formula is C11H14O2. The van der Waals surface area contributed by atoms with Crippen LogP contribution < -0.4 is 9.47 Å². The fraction of sp³-hybridized carbons (Fsp3) is 0.273. The molecule has 70 valence electrons. The minimum Gasteiger partial charge on any atom is -0.493 e. The number of aryl methyl sites for hydroxylation is 1. The molecule has 0 aliphatic rings. The van der Waals surface area contributed by atoms with E-state index >= 15 is 0 Å². The average Bonchev–Trinajstić information content (AvgIpc) is 2.16. The summed E-state index contributed by atoms with van der Waals surface area (Å²) in [6, 6.07) is 3.91. The van der Waals surface area contributed by atoms with Gasteiger partial charge < -0.3 is 9.47 Å². The predicted molar refractivity (Wildman–Crippen MR) is 54.4 cm³/mol. The number of rotatable bonds is 3. The van der Waals surface area contributed by atoms with Crippen molar-refractivity contribution in [3.63, 3.8) is 0 Å². The zero-order valence-electron chi connectivity index (χ0n) is 8.26. The highest BCUT2D eigenvalue weighted by atomic mass is 16.5. The SMILES string of the molecule is C=Cc1cc(C)c(OC)c(OC)c1. The Balaban J connectivity index is 3.28. The van der Waals surface area contributed by atoms with Gasteiger partial charge in [0.25, 0.3) is 0 Å². The molecule has 0 atom stereocenters. The molecule has 0 bridgehead atoms. The summed E-state index contributed by atoms with van der Waals surface area (Å²) in [5.41, 5.74) is 2.09. The van der Waals surface area contributed by atoms with Gasteiger partial charge in [0.05, 0.1) is 14.2 Å². The van der Waals surface area contributed by atoms with Crippen molar-refractivity contribution >= 4 is 6.08 Å². The second-order valence-electron chi connectivity index (χ2n) is 2.78. The van der Waals surface area contributed by atoms with Gasteiger partial charge >= 0.3 is 0 Å². The number of hydrogen-bond acceptors (Lipinski definition) is 2. The minimum absolute atomic E-state index is 0.748. The molecule has 2 nitrogen and oxygen atoms in total. The van der Waals surface area contributed by atoms with E-state index in [2.05, 4.69) is 6.58 Å². The number of ether oxygens (including phenoxy) is 2. The molecule has 0 aromatic heterocycles. The van der Waals surface area contributed by atoms with Crippen LogP contribution in [0.4, 0.5) is 0 Å². The van der Waals surface area contributed by atoms with Crippen molar-refractivity contribution in [2.24, 2.45) is 0 Å². The molecule has 2 heteroatoms. The van der Waals surface area contributed by atoms with Gasteiger partial charge in [-0.2, -0.15) is 0 Å². The van der Waals surface area contributed by atoms with Gasteiger partial charge in [0.2, 0.25) is 0 Å². The van der Waals surface area contributed by atoms with E-state index in [4.69, 9.17) is 9.47 Å². The fourth-order valence-corrected chi connectivity index (χ4v) is 1.30. The van der Waals surface area contributed by atoms with Crippen LogP contribution in [0.1, 0.15) is 11.1 Å². The van der Waals surface area contributed by atoms with Gasteiger partial charge in [0.1, 0.15) is 0 Å². The Bertz CT molecular complexity index is 316. The molecule has 1 rings (SSSR count). The Morgan fingerprint density at radius 3 is 2.38 bits per heavy atom. The van der Waals surface area contributed by atoms with Crippen LogP contribution in [0, 0.1) is 6.92 Å². The highest BCUT2D eigenvalue weighted by molar-refractivity contribution is 5.57. The first-order valence-electron chi connectivity index (χ1n) is 4.08. The molecule has 0 saturated heterocycles. The molecule has 0 heterocycles. The van der Waals surface area contributed by atoms with E-state index in [9.17, 15) is 0 Å². The Hall–Kier alpha value is -1.44. The lowest BCUT2D eigenvalue weighted by atomic mass is 10.1.